The molecule has 2 aromatic heterocycles. The highest BCUT2D eigenvalue weighted by molar-refractivity contribution is 7.10. The van der Waals surface area contributed by atoms with Gasteiger partial charge in [-0.05, 0) is 53.6 Å². The van der Waals surface area contributed by atoms with Crippen LogP contribution in [-0.2, 0) is 11.2 Å². The smallest absolute Gasteiger partial charge is 0.234 e. The van der Waals surface area contributed by atoms with E-state index in [1.807, 2.05) is 11.3 Å². The fourth-order valence-electron chi connectivity index (χ4n) is 4.21. The highest BCUT2D eigenvalue weighted by Crippen LogP contribution is 2.39. The third kappa shape index (κ3) is 3.99. The molecule has 1 saturated carbocycles. The Labute approximate surface area is 158 Å². The summed E-state index contributed by atoms with van der Waals surface area (Å²) in [4.78, 5) is 17.8. The third-order valence-electron chi connectivity index (χ3n) is 5.54. The van der Waals surface area contributed by atoms with Crippen LogP contribution in [0.2, 0.25) is 0 Å². The molecule has 0 bridgehead atoms. The first-order valence-electron chi connectivity index (χ1n) is 9.41. The van der Waals surface area contributed by atoms with Crippen molar-refractivity contribution in [2.24, 2.45) is 5.92 Å². The molecule has 134 valence electrons. The highest BCUT2D eigenvalue weighted by atomic mass is 32.1. The Balaban J connectivity index is 1.41. The highest BCUT2D eigenvalue weighted by Gasteiger charge is 2.31. The van der Waals surface area contributed by atoms with Crippen molar-refractivity contribution in [3.05, 3.63) is 44.3 Å². The van der Waals surface area contributed by atoms with Gasteiger partial charge in [-0.2, -0.15) is 0 Å². The van der Waals surface area contributed by atoms with E-state index in [4.69, 9.17) is 0 Å². The van der Waals surface area contributed by atoms with E-state index in [1.165, 1.54) is 47.4 Å². The van der Waals surface area contributed by atoms with E-state index in [1.54, 1.807) is 11.3 Å². The van der Waals surface area contributed by atoms with E-state index < -0.39 is 0 Å². The third-order valence-corrected chi connectivity index (χ3v) is 7.46. The molecule has 1 aliphatic carbocycles. The molecule has 1 atom stereocenters. The second-order valence-electron chi connectivity index (χ2n) is 7.25. The molecule has 0 spiro atoms. The first kappa shape index (κ1) is 17.3. The normalized spacial score (nSPS) is 21.8. The van der Waals surface area contributed by atoms with Crippen LogP contribution in [0.4, 0.5) is 0 Å². The van der Waals surface area contributed by atoms with Crippen molar-refractivity contribution in [2.75, 3.05) is 19.6 Å². The lowest BCUT2D eigenvalue weighted by Crippen LogP contribution is -2.43. The van der Waals surface area contributed by atoms with Gasteiger partial charge in [-0.3, -0.25) is 9.69 Å². The fourth-order valence-corrected chi connectivity index (χ4v) is 5.99. The summed E-state index contributed by atoms with van der Waals surface area (Å²) in [6, 6.07) is 6.81. The molecule has 0 aromatic carbocycles. The average molecular weight is 375 g/mol. The van der Waals surface area contributed by atoms with Gasteiger partial charge in [0, 0.05) is 22.8 Å². The predicted octanol–water partition coefficient (Wildman–Crippen LogP) is 4.45. The lowest BCUT2D eigenvalue weighted by atomic mass is 9.89. The lowest BCUT2D eigenvalue weighted by molar-refractivity contribution is -0.123. The monoisotopic (exact) mass is 374 g/mol. The van der Waals surface area contributed by atoms with Gasteiger partial charge in [-0.15, -0.1) is 22.7 Å². The Kier molecular flexibility index (Phi) is 5.54. The Morgan fingerprint density at radius 3 is 2.84 bits per heavy atom. The Bertz CT molecular complexity index is 688. The van der Waals surface area contributed by atoms with Crippen LogP contribution < -0.4 is 5.32 Å². The molecule has 0 saturated heterocycles. The molecule has 1 amide bonds. The number of amides is 1. The second kappa shape index (κ2) is 8.02. The van der Waals surface area contributed by atoms with Crippen LogP contribution in [0.1, 0.15) is 53.5 Å². The van der Waals surface area contributed by atoms with Gasteiger partial charge in [0.05, 0.1) is 12.6 Å². The van der Waals surface area contributed by atoms with Crippen molar-refractivity contribution in [2.45, 2.75) is 44.6 Å². The van der Waals surface area contributed by atoms with Crippen LogP contribution in [0.3, 0.4) is 0 Å². The van der Waals surface area contributed by atoms with Crippen molar-refractivity contribution in [3.8, 4) is 0 Å². The van der Waals surface area contributed by atoms with Gasteiger partial charge in [0.25, 0.3) is 0 Å². The van der Waals surface area contributed by atoms with Gasteiger partial charge in [0.1, 0.15) is 0 Å². The van der Waals surface area contributed by atoms with Crippen LogP contribution in [0, 0.1) is 5.92 Å². The summed E-state index contributed by atoms with van der Waals surface area (Å²) in [6.07, 6.45) is 7.64. The summed E-state index contributed by atoms with van der Waals surface area (Å²) in [5.41, 5.74) is 1.40. The topological polar surface area (TPSA) is 32.3 Å². The van der Waals surface area contributed by atoms with E-state index in [0.717, 1.165) is 19.5 Å². The minimum absolute atomic E-state index is 0.186. The molecule has 0 radical (unpaired) electrons. The molecule has 1 fully saturated rings. The number of nitrogens with one attached hydrogen (secondary N) is 1. The van der Waals surface area contributed by atoms with E-state index in [9.17, 15) is 4.79 Å². The van der Waals surface area contributed by atoms with Gasteiger partial charge in [0.15, 0.2) is 0 Å². The van der Waals surface area contributed by atoms with Crippen LogP contribution in [0.5, 0.6) is 0 Å². The number of thiophene rings is 2. The van der Waals surface area contributed by atoms with Crippen LogP contribution >= 0.6 is 22.7 Å². The maximum atomic E-state index is 12.6. The van der Waals surface area contributed by atoms with Crippen molar-refractivity contribution >= 4 is 28.6 Å². The zero-order valence-electron chi connectivity index (χ0n) is 14.6. The minimum atomic E-state index is 0.186. The van der Waals surface area contributed by atoms with Crippen LogP contribution in [-0.4, -0.2) is 30.4 Å². The number of carbonyl (C=O) groups is 1. The molecule has 3 heterocycles. The predicted molar refractivity (Wildman–Crippen MR) is 105 cm³/mol. The second-order valence-corrected chi connectivity index (χ2v) is 9.23. The number of carbonyl (C=O) groups excluding carboxylic acids is 1. The van der Waals surface area contributed by atoms with Crippen molar-refractivity contribution < 1.29 is 4.79 Å². The molecule has 5 heteroatoms. The largest absolute Gasteiger partial charge is 0.355 e. The summed E-state index contributed by atoms with van der Waals surface area (Å²) in [5.74, 6) is 0.876. The molecule has 3 nitrogen and oxygen atoms in total. The van der Waals surface area contributed by atoms with Crippen molar-refractivity contribution in [1.29, 1.82) is 0 Å². The first-order valence-corrected chi connectivity index (χ1v) is 11.2. The van der Waals surface area contributed by atoms with Crippen LogP contribution in [0.15, 0.2) is 29.0 Å². The van der Waals surface area contributed by atoms with Gasteiger partial charge >= 0.3 is 0 Å². The summed E-state index contributed by atoms with van der Waals surface area (Å²) < 4.78 is 0. The molecule has 1 N–H and O–H groups in total. The Morgan fingerprint density at radius 1 is 1.16 bits per heavy atom. The lowest BCUT2D eigenvalue weighted by Gasteiger charge is -2.35. The fraction of sp³-hybridized carbons (Fsp3) is 0.550. The van der Waals surface area contributed by atoms with Gasteiger partial charge < -0.3 is 5.32 Å². The number of rotatable bonds is 5. The SMILES string of the molecule is O=C(CN1CCc2sccc2[C@H]1c1cccs1)NCC1CCCCC1. The minimum Gasteiger partial charge on any atom is -0.355 e. The number of fused-ring (bicyclic) bond motifs is 1. The standard InChI is InChI=1S/C20H26N2OS2/c23-19(21-13-15-5-2-1-3-6-15)14-22-10-8-17-16(9-12-25-17)20(22)18-7-4-11-24-18/h4,7,9,11-12,15,20H,1-3,5-6,8,10,13-14H2,(H,21,23)/t20-/m0/s1. The first-order chi connectivity index (χ1) is 12.3. The van der Waals surface area contributed by atoms with Crippen molar-refractivity contribution in [1.82, 2.24) is 10.2 Å². The van der Waals surface area contributed by atoms with Gasteiger partial charge in [0.2, 0.25) is 5.91 Å². The Morgan fingerprint density at radius 2 is 2.04 bits per heavy atom. The molecular formula is C20H26N2OS2. The summed E-state index contributed by atoms with van der Waals surface area (Å²) in [6.45, 7) is 2.33. The van der Waals surface area contributed by atoms with E-state index in [2.05, 4.69) is 39.2 Å². The van der Waals surface area contributed by atoms with E-state index in [0.29, 0.717) is 12.5 Å². The average Bonchev–Trinajstić information content (AvgIpc) is 3.32. The quantitative estimate of drug-likeness (QED) is 0.838. The molecule has 1 aliphatic heterocycles. The van der Waals surface area contributed by atoms with E-state index >= 15 is 0 Å². The Hall–Kier alpha value is -1.17. The summed E-state index contributed by atoms with van der Waals surface area (Å²) in [5, 5.41) is 7.54. The van der Waals surface area contributed by atoms with Gasteiger partial charge in [-0.25, -0.2) is 0 Å². The molecule has 0 unspecified atom stereocenters. The van der Waals surface area contributed by atoms with E-state index in [-0.39, 0.29) is 11.9 Å². The summed E-state index contributed by atoms with van der Waals surface area (Å²) in [7, 11) is 0. The summed E-state index contributed by atoms with van der Waals surface area (Å²) >= 11 is 3.65. The van der Waals surface area contributed by atoms with Crippen molar-refractivity contribution in [3.63, 3.8) is 0 Å². The zero-order valence-corrected chi connectivity index (χ0v) is 16.2. The molecule has 25 heavy (non-hydrogen) atoms. The number of hydrogen-bond donors (Lipinski definition) is 1. The zero-order chi connectivity index (χ0) is 17.1. The van der Waals surface area contributed by atoms with Gasteiger partial charge in [-0.1, -0.05) is 25.3 Å². The number of hydrogen-bond acceptors (Lipinski definition) is 4. The maximum Gasteiger partial charge on any atom is 0.234 e. The molecule has 2 aromatic rings. The van der Waals surface area contributed by atoms with Crippen LogP contribution in [0.25, 0.3) is 0 Å². The maximum absolute atomic E-state index is 12.6. The molecule has 2 aliphatic rings. The molecular weight excluding hydrogens is 348 g/mol. The number of nitrogens with zero attached hydrogens (tertiary/aromatic N) is 1. The molecule has 4 rings (SSSR count).